The van der Waals surface area contributed by atoms with E-state index in [1.807, 2.05) is 49.9 Å². The molecule has 5 rings (SSSR count). The maximum absolute atomic E-state index is 12.4. The van der Waals surface area contributed by atoms with Crippen LogP contribution in [0.3, 0.4) is 0 Å². The van der Waals surface area contributed by atoms with E-state index in [2.05, 4.69) is 45.2 Å². The Labute approximate surface area is 261 Å². The van der Waals surface area contributed by atoms with Crippen LogP contribution in [-0.4, -0.2) is 44.4 Å². The number of nitrogens with zero attached hydrogens (tertiary/aromatic N) is 5. The summed E-state index contributed by atoms with van der Waals surface area (Å²) in [5, 5.41) is 0. The van der Waals surface area contributed by atoms with Gasteiger partial charge in [0.1, 0.15) is 19.0 Å². The van der Waals surface area contributed by atoms with E-state index in [0.717, 1.165) is 10.0 Å². The summed E-state index contributed by atoms with van der Waals surface area (Å²) >= 11 is 3.51. The third kappa shape index (κ3) is 8.32. The van der Waals surface area contributed by atoms with Crippen molar-refractivity contribution in [2.45, 2.75) is 84.4 Å². The highest BCUT2D eigenvalue weighted by Crippen LogP contribution is 2.34. The third-order valence-electron chi connectivity index (χ3n) is 7.40. The topological polar surface area (TPSA) is 91.6 Å². The minimum atomic E-state index is -0.380. The quantitative estimate of drug-likeness (QED) is 0.120. The third-order valence-corrected chi connectivity index (χ3v) is 7.89. The molecule has 228 valence electrons. The van der Waals surface area contributed by atoms with Gasteiger partial charge >= 0.3 is 5.97 Å². The Kier molecular flexibility index (Phi) is 9.97. The van der Waals surface area contributed by atoms with Crippen LogP contribution in [0.1, 0.15) is 76.8 Å². The van der Waals surface area contributed by atoms with Crippen molar-refractivity contribution in [3.63, 3.8) is 0 Å². The molecule has 4 aromatic rings. The average Bonchev–Trinajstić information content (AvgIpc) is 3.38. The molecule has 1 aliphatic rings. The zero-order valence-electron chi connectivity index (χ0n) is 25.4. The maximum Gasteiger partial charge on any atom is 0.326 e. The van der Waals surface area contributed by atoms with E-state index in [1.165, 1.54) is 37.7 Å². The molecular weight excluding hydrogens is 610 g/mol. The molecule has 2 aromatic heterocycles. The van der Waals surface area contributed by atoms with E-state index in [0.29, 0.717) is 41.9 Å². The van der Waals surface area contributed by atoms with E-state index in [4.69, 9.17) is 24.2 Å². The molecule has 0 atom stereocenters. The zero-order chi connectivity index (χ0) is 30.4. The van der Waals surface area contributed by atoms with Crippen LogP contribution in [0.4, 0.5) is 5.95 Å². The number of esters is 1. The number of hydrogen-bond acceptors (Lipinski definition) is 8. The summed E-state index contributed by atoms with van der Waals surface area (Å²) in [6, 6.07) is 16.4. The van der Waals surface area contributed by atoms with Gasteiger partial charge in [-0.2, -0.15) is 9.97 Å². The molecule has 10 heteroatoms. The lowest BCUT2D eigenvalue weighted by Gasteiger charge is -2.28. The van der Waals surface area contributed by atoms with Gasteiger partial charge in [0.15, 0.2) is 11.2 Å². The Balaban J connectivity index is 1.51. The Morgan fingerprint density at radius 1 is 1.07 bits per heavy atom. The van der Waals surface area contributed by atoms with Gasteiger partial charge < -0.3 is 23.7 Å². The standard InChI is InChI=1S/C33H40BrN5O4/c1-5-41-28(40)20-38-21-35-29-30(38)36-32(37-31(29)43-27-13-9-12-26(34)18-27)39(22-42-33(2,3)4)19-23-14-16-25(17-15-23)24-10-7-6-8-11-24/h9,12-18,21,24H,5-8,10-11,19-20,22H2,1-4H3. The zero-order valence-corrected chi connectivity index (χ0v) is 27.0. The number of fused-ring (bicyclic) bond motifs is 1. The minimum absolute atomic E-state index is 0.0295. The van der Waals surface area contributed by atoms with Crippen molar-refractivity contribution in [3.8, 4) is 11.6 Å². The second kappa shape index (κ2) is 13.9. The van der Waals surface area contributed by atoms with E-state index in [1.54, 1.807) is 17.8 Å². The summed E-state index contributed by atoms with van der Waals surface area (Å²) in [5.74, 6) is 1.56. The number of imidazole rings is 1. The maximum atomic E-state index is 12.4. The van der Waals surface area contributed by atoms with Crippen molar-refractivity contribution in [2.75, 3.05) is 18.2 Å². The lowest BCUT2D eigenvalue weighted by Crippen LogP contribution is -2.33. The summed E-state index contributed by atoms with van der Waals surface area (Å²) < 4.78 is 20.2. The molecule has 0 radical (unpaired) electrons. The van der Waals surface area contributed by atoms with E-state index < -0.39 is 0 Å². The molecule has 0 N–H and O–H groups in total. The van der Waals surface area contributed by atoms with Gasteiger partial charge in [0.05, 0.1) is 18.5 Å². The molecule has 0 amide bonds. The molecule has 0 saturated heterocycles. The molecule has 2 aromatic carbocycles. The van der Waals surface area contributed by atoms with Gasteiger partial charge in [-0.05, 0) is 75.8 Å². The van der Waals surface area contributed by atoms with Crippen LogP contribution in [0.2, 0.25) is 0 Å². The van der Waals surface area contributed by atoms with Crippen molar-refractivity contribution < 1.29 is 19.0 Å². The second-order valence-corrected chi connectivity index (χ2v) is 12.8. The number of halogens is 1. The predicted octanol–water partition coefficient (Wildman–Crippen LogP) is 7.77. The fourth-order valence-electron chi connectivity index (χ4n) is 5.22. The van der Waals surface area contributed by atoms with Crippen molar-refractivity contribution in [1.82, 2.24) is 19.5 Å². The SMILES string of the molecule is CCOC(=O)Cn1cnc2c(Oc3cccc(Br)c3)nc(N(COC(C)(C)C)Cc3ccc(C4CCCCC4)cc3)nc21. The Morgan fingerprint density at radius 2 is 1.84 bits per heavy atom. The number of anilines is 1. The van der Waals surface area contributed by atoms with Gasteiger partial charge in [-0.3, -0.25) is 4.79 Å². The minimum Gasteiger partial charge on any atom is -0.465 e. The smallest absolute Gasteiger partial charge is 0.326 e. The summed E-state index contributed by atoms with van der Waals surface area (Å²) in [6.45, 7) is 8.87. The normalized spacial score (nSPS) is 14.2. The first-order valence-corrected chi connectivity index (χ1v) is 15.8. The highest BCUT2D eigenvalue weighted by Gasteiger charge is 2.23. The van der Waals surface area contributed by atoms with Crippen LogP contribution in [0.15, 0.2) is 59.3 Å². The molecule has 43 heavy (non-hydrogen) atoms. The fourth-order valence-corrected chi connectivity index (χ4v) is 5.60. The molecule has 1 saturated carbocycles. The van der Waals surface area contributed by atoms with Crippen molar-refractivity contribution in [2.24, 2.45) is 0 Å². The first kappa shape index (κ1) is 30.9. The monoisotopic (exact) mass is 649 g/mol. The average molecular weight is 651 g/mol. The molecule has 0 unspecified atom stereocenters. The van der Waals surface area contributed by atoms with Gasteiger partial charge in [-0.1, -0.05) is 65.5 Å². The highest BCUT2D eigenvalue weighted by atomic mass is 79.9. The van der Waals surface area contributed by atoms with E-state index in [9.17, 15) is 4.79 Å². The van der Waals surface area contributed by atoms with Gasteiger partial charge in [-0.15, -0.1) is 0 Å². The van der Waals surface area contributed by atoms with Crippen molar-refractivity contribution >= 4 is 39.0 Å². The first-order valence-electron chi connectivity index (χ1n) is 15.0. The Morgan fingerprint density at radius 3 is 2.53 bits per heavy atom. The van der Waals surface area contributed by atoms with Crippen molar-refractivity contribution in [3.05, 3.63) is 70.5 Å². The van der Waals surface area contributed by atoms with Crippen LogP contribution in [0.25, 0.3) is 11.2 Å². The summed E-state index contributed by atoms with van der Waals surface area (Å²) in [6.07, 6.45) is 8.04. The van der Waals surface area contributed by atoms with E-state index >= 15 is 0 Å². The van der Waals surface area contributed by atoms with Gasteiger partial charge in [0.25, 0.3) is 5.88 Å². The first-order chi connectivity index (χ1) is 20.7. The Bertz CT molecular complexity index is 1530. The lowest BCUT2D eigenvalue weighted by atomic mass is 9.84. The van der Waals surface area contributed by atoms with Crippen LogP contribution < -0.4 is 9.64 Å². The number of ether oxygens (including phenoxy) is 3. The summed E-state index contributed by atoms with van der Waals surface area (Å²) in [5.41, 5.74) is 3.06. The molecule has 0 aliphatic heterocycles. The fraction of sp³-hybridized carbons (Fsp3) is 0.455. The molecule has 1 aliphatic carbocycles. The number of benzene rings is 2. The van der Waals surface area contributed by atoms with Crippen LogP contribution in [-0.2, 0) is 27.4 Å². The van der Waals surface area contributed by atoms with Crippen LogP contribution in [0.5, 0.6) is 11.6 Å². The van der Waals surface area contributed by atoms with E-state index in [-0.39, 0.29) is 30.7 Å². The summed E-state index contributed by atoms with van der Waals surface area (Å²) in [4.78, 5) is 28.6. The number of carbonyl (C=O) groups is 1. The number of carbonyl (C=O) groups excluding carboxylic acids is 1. The van der Waals surface area contributed by atoms with Gasteiger partial charge in [0, 0.05) is 11.0 Å². The van der Waals surface area contributed by atoms with Crippen LogP contribution in [0, 0.1) is 0 Å². The largest absolute Gasteiger partial charge is 0.465 e. The molecule has 1 fully saturated rings. The second-order valence-electron chi connectivity index (χ2n) is 11.9. The molecule has 0 spiro atoms. The summed E-state index contributed by atoms with van der Waals surface area (Å²) in [7, 11) is 0. The number of aromatic nitrogens is 4. The highest BCUT2D eigenvalue weighted by molar-refractivity contribution is 9.10. The van der Waals surface area contributed by atoms with Crippen molar-refractivity contribution in [1.29, 1.82) is 0 Å². The molecule has 9 nitrogen and oxygen atoms in total. The lowest BCUT2D eigenvalue weighted by molar-refractivity contribution is -0.143. The predicted molar refractivity (Wildman–Crippen MR) is 170 cm³/mol. The van der Waals surface area contributed by atoms with Gasteiger partial charge in [0.2, 0.25) is 5.95 Å². The molecular formula is C33H40BrN5O4. The molecule has 2 heterocycles. The number of rotatable bonds is 11. The number of hydrogen-bond donors (Lipinski definition) is 0. The van der Waals surface area contributed by atoms with Gasteiger partial charge in [-0.25, -0.2) is 4.98 Å². The van der Waals surface area contributed by atoms with Crippen LogP contribution >= 0.6 is 15.9 Å². The Hall–Kier alpha value is -3.50. The molecule has 0 bridgehead atoms.